The van der Waals surface area contributed by atoms with Crippen LogP contribution in [0, 0.1) is 5.82 Å². The van der Waals surface area contributed by atoms with E-state index in [1.165, 1.54) is 6.20 Å². The van der Waals surface area contributed by atoms with Gasteiger partial charge in [-0.1, -0.05) is 17.2 Å². The standard InChI is InChI=1S/C22H20ClF4N3O/c1-11(2)15(9-28-3)12-6-13-16(10-30-21(13)29-8-12)14(7-24)19-18(31-22(26)27)5-4-17(25)20(19)23/h4-6,8-10,14,22H,7H2,1-3H3,(H,29,30). The van der Waals surface area contributed by atoms with Crippen LogP contribution < -0.4 is 4.74 Å². The van der Waals surface area contributed by atoms with Gasteiger partial charge in [0.25, 0.3) is 0 Å². The highest BCUT2D eigenvalue weighted by atomic mass is 35.5. The van der Waals surface area contributed by atoms with E-state index in [0.717, 1.165) is 28.8 Å². The van der Waals surface area contributed by atoms with Crippen molar-refractivity contribution < 1.29 is 22.3 Å². The topological polar surface area (TPSA) is 50.3 Å². The van der Waals surface area contributed by atoms with Crippen LogP contribution in [-0.2, 0) is 0 Å². The summed E-state index contributed by atoms with van der Waals surface area (Å²) in [6.45, 7) is -0.356. The van der Waals surface area contributed by atoms with Crippen LogP contribution in [0.1, 0.15) is 36.5 Å². The third-order valence-electron chi connectivity index (χ3n) is 4.86. The molecule has 0 spiro atoms. The number of ether oxygens (including phenoxy) is 1. The number of aromatic amines is 1. The first kappa shape index (κ1) is 22.8. The SMILES string of the molecule is CN=CC(=C(C)C)c1cnc2[nH]cc(C(CF)c3c(OC(F)F)ccc(F)c3Cl)c2c1. The summed E-state index contributed by atoms with van der Waals surface area (Å²) in [5.74, 6) is -2.40. The molecule has 1 aromatic carbocycles. The van der Waals surface area contributed by atoms with Gasteiger partial charge in [0.1, 0.15) is 23.9 Å². The van der Waals surface area contributed by atoms with Crippen LogP contribution in [0.25, 0.3) is 16.6 Å². The summed E-state index contributed by atoms with van der Waals surface area (Å²) in [7, 11) is 1.65. The highest BCUT2D eigenvalue weighted by molar-refractivity contribution is 6.31. The number of halogens is 5. The lowest BCUT2D eigenvalue weighted by Crippen LogP contribution is -2.11. The first-order valence-corrected chi connectivity index (χ1v) is 9.72. The molecule has 1 atom stereocenters. The average molecular weight is 454 g/mol. The van der Waals surface area contributed by atoms with Gasteiger partial charge in [-0.05, 0) is 43.2 Å². The molecule has 0 fully saturated rings. The summed E-state index contributed by atoms with van der Waals surface area (Å²) in [5, 5.41) is 0.0779. The van der Waals surface area contributed by atoms with E-state index in [-0.39, 0.29) is 11.3 Å². The van der Waals surface area contributed by atoms with Crippen molar-refractivity contribution in [1.29, 1.82) is 0 Å². The molecule has 0 aliphatic rings. The summed E-state index contributed by atoms with van der Waals surface area (Å²) in [6, 6.07) is 3.71. The lowest BCUT2D eigenvalue weighted by molar-refractivity contribution is -0.0506. The van der Waals surface area contributed by atoms with Crippen molar-refractivity contribution in [3.8, 4) is 5.75 Å². The Morgan fingerprint density at radius 3 is 2.68 bits per heavy atom. The number of benzene rings is 1. The minimum absolute atomic E-state index is 0.187. The van der Waals surface area contributed by atoms with Gasteiger partial charge in [0, 0.05) is 48.1 Å². The van der Waals surface area contributed by atoms with Crippen LogP contribution in [0.4, 0.5) is 17.6 Å². The largest absolute Gasteiger partial charge is 0.434 e. The van der Waals surface area contributed by atoms with E-state index in [4.69, 9.17) is 11.6 Å². The van der Waals surface area contributed by atoms with Gasteiger partial charge >= 0.3 is 6.61 Å². The van der Waals surface area contributed by atoms with Gasteiger partial charge in [-0.3, -0.25) is 9.38 Å². The van der Waals surface area contributed by atoms with E-state index in [1.54, 1.807) is 25.5 Å². The molecule has 1 unspecified atom stereocenters. The van der Waals surface area contributed by atoms with Crippen molar-refractivity contribution in [2.75, 3.05) is 13.7 Å². The Bertz CT molecular complexity index is 1150. The van der Waals surface area contributed by atoms with Crippen molar-refractivity contribution in [3.05, 3.63) is 63.7 Å². The van der Waals surface area contributed by atoms with E-state index in [0.29, 0.717) is 16.6 Å². The number of H-pyrrole nitrogens is 1. The van der Waals surface area contributed by atoms with Gasteiger partial charge in [-0.2, -0.15) is 8.78 Å². The van der Waals surface area contributed by atoms with E-state index >= 15 is 0 Å². The minimum Gasteiger partial charge on any atom is -0.434 e. The number of pyridine rings is 1. The number of alkyl halides is 3. The zero-order valence-corrected chi connectivity index (χ0v) is 17.8. The van der Waals surface area contributed by atoms with Gasteiger partial charge in [0.2, 0.25) is 0 Å². The molecular formula is C22H20ClF4N3O. The fourth-order valence-corrected chi connectivity index (χ4v) is 3.76. The number of allylic oxidation sites excluding steroid dienone is 2. The number of fused-ring (bicyclic) bond motifs is 1. The van der Waals surface area contributed by atoms with Gasteiger partial charge in [0.15, 0.2) is 0 Å². The number of hydrogen-bond acceptors (Lipinski definition) is 3. The number of nitrogens with one attached hydrogen (secondary N) is 1. The molecule has 0 aliphatic heterocycles. The summed E-state index contributed by atoms with van der Waals surface area (Å²) >= 11 is 6.07. The number of hydrogen-bond donors (Lipinski definition) is 1. The molecule has 2 heterocycles. The van der Waals surface area contributed by atoms with Gasteiger partial charge in [0.05, 0.1) is 5.02 Å². The Morgan fingerprint density at radius 1 is 1.32 bits per heavy atom. The fourth-order valence-electron chi connectivity index (χ4n) is 3.47. The second-order valence-electron chi connectivity index (χ2n) is 7.02. The predicted octanol–water partition coefficient (Wildman–Crippen LogP) is 6.55. The predicted molar refractivity (Wildman–Crippen MR) is 115 cm³/mol. The van der Waals surface area contributed by atoms with E-state index < -0.39 is 30.0 Å². The van der Waals surface area contributed by atoms with Crippen molar-refractivity contribution in [3.63, 3.8) is 0 Å². The highest BCUT2D eigenvalue weighted by Crippen LogP contribution is 2.41. The lowest BCUT2D eigenvalue weighted by Gasteiger charge is -2.19. The van der Waals surface area contributed by atoms with Crippen LogP contribution in [0.2, 0.25) is 5.02 Å². The Kier molecular flexibility index (Phi) is 7.00. The molecule has 0 aliphatic carbocycles. The van der Waals surface area contributed by atoms with Crippen molar-refractivity contribution in [2.24, 2.45) is 4.99 Å². The van der Waals surface area contributed by atoms with Crippen LogP contribution in [0.15, 0.2) is 41.2 Å². The van der Waals surface area contributed by atoms with Crippen LogP contribution >= 0.6 is 11.6 Å². The summed E-state index contributed by atoms with van der Waals surface area (Å²) < 4.78 is 58.7. The molecule has 3 rings (SSSR count). The molecule has 3 aromatic rings. The highest BCUT2D eigenvalue weighted by Gasteiger charge is 2.28. The monoisotopic (exact) mass is 453 g/mol. The maximum absolute atomic E-state index is 14.3. The first-order chi connectivity index (χ1) is 14.8. The summed E-state index contributed by atoms with van der Waals surface area (Å²) in [6.07, 6.45) is 4.85. The van der Waals surface area contributed by atoms with Crippen LogP contribution in [-0.4, -0.2) is 36.5 Å². The van der Waals surface area contributed by atoms with Crippen LogP contribution in [0.5, 0.6) is 5.75 Å². The van der Waals surface area contributed by atoms with Crippen molar-refractivity contribution in [1.82, 2.24) is 9.97 Å². The Labute approximate surface area is 181 Å². The van der Waals surface area contributed by atoms with Crippen molar-refractivity contribution in [2.45, 2.75) is 26.4 Å². The number of nitrogens with zero attached hydrogens (tertiary/aromatic N) is 2. The third-order valence-corrected chi connectivity index (χ3v) is 5.24. The summed E-state index contributed by atoms with van der Waals surface area (Å²) in [5.41, 5.74) is 3.24. The smallest absolute Gasteiger partial charge is 0.387 e. The second-order valence-corrected chi connectivity index (χ2v) is 7.40. The molecule has 0 saturated heterocycles. The van der Waals surface area contributed by atoms with E-state index in [2.05, 4.69) is 19.7 Å². The number of aromatic nitrogens is 2. The molecule has 0 radical (unpaired) electrons. The number of aliphatic imine (C=N–C) groups is 1. The molecule has 2 aromatic heterocycles. The van der Waals surface area contributed by atoms with Gasteiger partial charge < -0.3 is 9.72 Å². The average Bonchev–Trinajstić information content (AvgIpc) is 3.14. The molecular weight excluding hydrogens is 434 g/mol. The lowest BCUT2D eigenvalue weighted by atomic mass is 9.90. The maximum atomic E-state index is 14.3. The van der Waals surface area contributed by atoms with E-state index in [9.17, 15) is 17.6 Å². The fraction of sp³-hybridized carbons (Fsp3) is 0.273. The van der Waals surface area contributed by atoms with Gasteiger partial charge in [-0.25, -0.2) is 9.37 Å². The molecule has 1 N–H and O–H groups in total. The Morgan fingerprint density at radius 2 is 2.06 bits per heavy atom. The van der Waals surface area contributed by atoms with Crippen molar-refractivity contribution >= 4 is 34.4 Å². The molecule has 164 valence electrons. The molecule has 0 amide bonds. The normalized spacial score (nSPS) is 12.7. The maximum Gasteiger partial charge on any atom is 0.387 e. The van der Waals surface area contributed by atoms with Crippen LogP contribution in [0.3, 0.4) is 0 Å². The first-order valence-electron chi connectivity index (χ1n) is 9.34. The Hall–Kier alpha value is -2.87. The third kappa shape index (κ3) is 4.58. The number of rotatable bonds is 7. The Balaban J connectivity index is 2.22. The molecule has 0 saturated carbocycles. The van der Waals surface area contributed by atoms with E-state index in [1.807, 2.05) is 13.8 Å². The second kappa shape index (κ2) is 9.51. The molecule has 4 nitrogen and oxygen atoms in total. The minimum atomic E-state index is -3.18. The quantitative estimate of drug-likeness (QED) is 0.325. The molecule has 31 heavy (non-hydrogen) atoms. The summed E-state index contributed by atoms with van der Waals surface area (Å²) in [4.78, 5) is 11.4. The molecule has 0 bridgehead atoms. The zero-order valence-electron chi connectivity index (χ0n) is 17.0. The zero-order chi connectivity index (χ0) is 22.7. The molecule has 9 heteroatoms. The van der Waals surface area contributed by atoms with Gasteiger partial charge in [-0.15, -0.1) is 0 Å².